The molecule has 1 atom stereocenters. The Labute approximate surface area is 89.3 Å². The molecule has 4 heteroatoms. The maximum absolute atomic E-state index is 6.10. The van der Waals surface area contributed by atoms with E-state index in [4.69, 9.17) is 17.3 Å². The van der Waals surface area contributed by atoms with Gasteiger partial charge in [-0.1, -0.05) is 11.6 Å². The van der Waals surface area contributed by atoms with E-state index in [0.29, 0.717) is 5.15 Å². The fraction of sp³-hybridized carbons (Fsp3) is 0.700. The molecule has 0 aromatic carbocycles. The lowest BCUT2D eigenvalue weighted by molar-refractivity contribution is 0.512. The molecule has 1 heterocycles. The fourth-order valence-corrected chi connectivity index (χ4v) is 2.47. The van der Waals surface area contributed by atoms with E-state index in [1.54, 1.807) is 6.33 Å². The third-order valence-corrected chi connectivity index (χ3v) is 3.54. The zero-order valence-electron chi connectivity index (χ0n) is 8.63. The number of aromatic nitrogens is 2. The molecule has 1 saturated carbocycles. The summed E-state index contributed by atoms with van der Waals surface area (Å²) in [4.78, 5) is 4.15. The minimum Gasteiger partial charge on any atom is -0.333 e. The van der Waals surface area contributed by atoms with Crippen LogP contribution in [0.3, 0.4) is 0 Å². The zero-order valence-corrected chi connectivity index (χ0v) is 9.38. The highest BCUT2D eigenvalue weighted by Gasteiger charge is 2.50. The van der Waals surface area contributed by atoms with Crippen LogP contribution in [-0.2, 0) is 12.0 Å². The maximum atomic E-state index is 6.10. The SMILES string of the molecule is CCn1cnc(Cl)c1C1(C(C)N)CC1. The first-order chi connectivity index (χ1) is 6.62. The number of nitrogens with two attached hydrogens (primary N) is 1. The van der Waals surface area contributed by atoms with Crippen LogP contribution in [0.5, 0.6) is 0 Å². The molecule has 0 spiro atoms. The fourth-order valence-electron chi connectivity index (χ4n) is 2.13. The molecule has 1 unspecified atom stereocenters. The van der Waals surface area contributed by atoms with Crippen molar-refractivity contribution in [2.75, 3.05) is 0 Å². The molecule has 2 rings (SSSR count). The standard InChI is InChI=1S/C10H16ClN3/c1-3-14-6-13-9(11)8(14)10(4-5-10)7(2)12/h6-7H,3-5,12H2,1-2H3. The molecule has 0 saturated heterocycles. The van der Waals surface area contributed by atoms with Gasteiger partial charge in [-0.25, -0.2) is 4.98 Å². The number of rotatable bonds is 3. The van der Waals surface area contributed by atoms with Crippen molar-refractivity contribution in [1.82, 2.24) is 9.55 Å². The summed E-state index contributed by atoms with van der Waals surface area (Å²) >= 11 is 6.10. The molecule has 1 aromatic heterocycles. The number of nitrogens with zero attached hydrogens (tertiary/aromatic N) is 2. The van der Waals surface area contributed by atoms with E-state index >= 15 is 0 Å². The summed E-state index contributed by atoms with van der Waals surface area (Å²) in [5.41, 5.74) is 7.25. The number of halogens is 1. The van der Waals surface area contributed by atoms with Gasteiger partial charge in [0.25, 0.3) is 0 Å². The predicted octanol–water partition coefficient (Wildman–Crippen LogP) is 1.94. The molecule has 1 aromatic rings. The molecule has 1 fully saturated rings. The largest absolute Gasteiger partial charge is 0.333 e. The highest BCUT2D eigenvalue weighted by atomic mass is 35.5. The molecular weight excluding hydrogens is 198 g/mol. The van der Waals surface area contributed by atoms with Gasteiger partial charge < -0.3 is 10.3 Å². The Morgan fingerprint density at radius 1 is 1.71 bits per heavy atom. The van der Waals surface area contributed by atoms with Crippen molar-refractivity contribution in [3.05, 3.63) is 17.2 Å². The summed E-state index contributed by atoms with van der Waals surface area (Å²) in [6.45, 7) is 5.05. The Balaban J connectivity index is 2.44. The van der Waals surface area contributed by atoms with Crippen LogP contribution >= 0.6 is 11.6 Å². The van der Waals surface area contributed by atoms with Gasteiger partial charge in [0.2, 0.25) is 0 Å². The second-order valence-electron chi connectivity index (χ2n) is 4.11. The molecule has 0 amide bonds. The van der Waals surface area contributed by atoms with Crippen molar-refractivity contribution in [3.8, 4) is 0 Å². The molecule has 78 valence electrons. The monoisotopic (exact) mass is 213 g/mol. The molecule has 0 radical (unpaired) electrons. The summed E-state index contributed by atoms with van der Waals surface area (Å²) in [5, 5.41) is 0.627. The Hall–Kier alpha value is -0.540. The highest BCUT2D eigenvalue weighted by molar-refractivity contribution is 6.30. The van der Waals surface area contributed by atoms with Gasteiger partial charge in [-0.2, -0.15) is 0 Å². The Morgan fingerprint density at radius 2 is 2.36 bits per heavy atom. The normalized spacial score (nSPS) is 20.9. The third kappa shape index (κ3) is 1.27. The van der Waals surface area contributed by atoms with Gasteiger partial charge >= 0.3 is 0 Å². The summed E-state index contributed by atoms with van der Waals surface area (Å²) in [5.74, 6) is 0. The first-order valence-electron chi connectivity index (χ1n) is 5.08. The van der Waals surface area contributed by atoms with Crippen molar-refractivity contribution in [2.45, 2.75) is 44.7 Å². The van der Waals surface area contributed by atoms with Crippen LogP contribution in [0.25, 0.3) is 0 Å². The zero-order chi connectivity index (χ0) is 10.3. The van der Waals surface area contributed by atoms with E-state index in [0.717, 1.165) is 25.1 Å². The van der Waals surface area contributed by atoms with E-state index in [-0.39, 0.29) is 11.5 Å². The van der Waals surface area contributed by atoms with Crippen LogP contribution in [0.15, 0.2) is 6.33 Å². The molecule has 1 aliphatic carbocycles. The van der Waals surface area contributed by atoms with Crippen LogP contribution in [-0.4, -0.2) is 15.6 Å². The van der Waals surface area contributed by atoms with E-state index < -0.39 is 0 Å². The van der Waals surface area contributed by atoms with Crippen molar-refractivity contribution < 1.29 is 0 Å². The van der Waals surface area contributed by atoms with Crippen LogP contribution < -0.4 is 5.73 Å². The van der Waals surface area contributed by atoms with Gasteiger partial charge in [-0.05, 0) is 26.7 Å². The van der Waals surface area contributed by atoms with Crippen LogP contribution in [0.1, 0.15) is 32.4 Å². The van der Waals surface area contributed by atoms with Crippen LogP contribution in [0.4, 0.5) is 0 Å². The van der Waals surface area contributed by atoms with Crippen molar-refractivity contribution in [2.24, 2.45) is 5.73 Å². The number of hydrogen-bond acceptors (Lipinski definition) is 2. The van der Waals surface area contributed by atoms with Gasteiger partial charge in [0, 0.05) is 18.0 Å². The molecule has 0 bridgehead atoms. The predicted molar refractivity (Wildman–Crippen MR) is 57.5 cm³/mol. The second kappa shape index (κ2) is 3.24. The minimum atomic E-state index is 0.101. The lowest BCUT2D eigenvalue weighted by Crippen LogP contribution is -2.33. The lowest BCUT2D eigenvalue weighted by Gasteiger charge is -2.21. The summed E-state index contributed by atoms with van der Waals surface area (Å²) in [7, 11) is 0. The Kier molecular flexibility index (Phi) is 2.32. The van der Waals surface area contributed by atoms with Crippen LogP contribution in [0.2, 0.25) is 5.15 Å². The van der Waals surface area contributed by atoms with E-state index in [2.05, 4.69) is 23.4 Å². The van der Waals surface area contributed by atoms with E-state index in [1.165, 1.54) is 0 Å². The number of aryl methyl sites for hydroxylation is 1. The van der Waals surface area contributed by atoms with E-state index in [9.17, 15) is 0 Å². The third-order valence-electron chi connectivity index (χ3n) is 3.27. The summed E-state index contributed by atoms with van der Waals surface area (Å²) in [6, 6.07) is 0.155. The average Bonchev–Trinajstić information content (AvgIpc) is 2.86. The number of hydrogen-bond donors (Lipinski definition) is 1. The van der Waals surface area contributed by atoms with Crippen molar-refractivity contribution >= 4 is 11.6 Å². The van der Waals surface area contributed by atoms with Gasteiger partial charge in [-0.15, -0.1) is 0 Å². The van der Waals surface area contributed by atoms with Crippen molar-refractivity contribution in [3.63, 3.8) is 0 Å². The summed E-state index contributed by atoms with van der Waals surface area (Å²) < 4.78 is 2.11. The molecule has 0 aliphatic heterocycles. The quantitative estimate of drug-likeness (QED) is 0.834. The van der Waals surface area contributed by atoms with Crippen molar-refractivity contribution in [1.29, 1.82) is 0 Å². The first-order valence-corrected chi connectivity index (χ1v) is 5.46. The highest BCUT2D eigenvalue weighted by Crippen LogP contribution is 2.52. The smallest absolute Gasteiger partial charge is 0.150 e. The maximum Gasteiger partial charge on any atom is 0.150 e. The second-order valence-corrected chi connectivity index (χ2v) is 4.47. The molecular formula is C10H16ClN3. The van der Waals surface area contributed by atoms with Gasteiger partial charge in [0.1, 0.15) is 0 Å². The first kappa shape index (κ1) is 9.99. The topological polar surface area (TPSA) is 43.8 Å². The molecule has 14 heavy (non-hydrogen) atoms. The Bertz CT molecular complexity index is 339. The Morgan fingerprint density at radius 3 is 2.79 bits per heavy atom. The number of imidazole rings is 1. The molecule has 1 aliphatic rings. The average molecular weight is 214 g/mol. The van der Waals surface area contributed by atoms with Crippen LogP contribution in [0, 0.1) is 0 Å². The van der Waals surface area contributed by atoms with Gasteiger partial charge in [-0.3, -0.25) is 0 Å². The van der Waals surface area contributed by atoms with Gasteiger partial charge in [0.05, 0.1) is 12.0 Å². The minimum absolute atomic E-state index is 0.101. The molecule has 3 nitrogen and oxygen atoms in total. The lowest BCUT2D eigenvalue weighted by atomic mass is 9.95. The van der Waals surface area contributed by atoms with E-state index in [1.807, 2.05) is 0 Å². The van der Waals surface area contributed by atoms with Gasteiger partial charge in [0.15, 0.2) is 5.15 Å². The molecule has 2 N–H and O–H groups in total. The summed E-state index contributed by atoms with van der Waals surface area (Å²) in [6.07, 6.45) is 4.08.